The molecule has 1 aromatic carbocycles. The Morgan fingerprint density at radius 3 is 2.51 bits per heavy atom. The van der Waals surface area contributed by atoms with Crippen molar-refractivity contribution >= 4 is 21.7 Å². The lowest BCUT2D eigenvalue weighted by Crippen LogP contribution is -2.46. The molecule has 8 nitrogen and oxygen atoms in total. The fourth-order valence-electron chi connectivity index (χ4n) is 5.27. The van der Waals surface area contributed by atoms with Crippen LogP contribution in [0.3, 0.4) is 0 Å². The lowest BCUT2D eigenvalue weighted by atomic mass is 10.0. The number of aromatic nitrogens is 2. The van der Waals surface area contributed by atoms with E-state index in [2.05, 4.69) is 19.6 Å². The highest BCUT2D eigenvalue weighted by atomic mass is 32.2. The minimum absolute atomic E-state index is 0.0179. The van der Waals surface area contributed by atoms with Gasteiger partial charge in [-0.15, -0.1) is 0 Å². The number of piperidine rings is 1. The van der Waals surface area contributed by atoms with Gasteiger partial charge in [0.05, 0.1) is 5.75 Å². The zero-order valence-corrected chi connectivity index (χ0v) is 22.2. The number of hydrogen-bond acceptors (Lipinski definition) is 6. The maximum Gasteiger partial charge on any atom is 0.253 e. The number of carbonyl (C=O) groups is 1. The number of carbonyl (C=O) groups excluding carboxylic acids is 1. The third-order valence-electron chi connectivity index (χ3n) is 6.95. The van der Waals surface area contributed by atoms with Crippen LogP contribution in [-0.2, 0) is 16.4 Å². The molecule has 1 atom stereocenters. The van der Waals surface area contributed by atoms with Crippen LogP contribution in [0.15, 0.2) is 24.3 Å². The van der Waals surface area contributed by atoms with Gasteiger partial charge in [-0.25, -0.2) is 23.1 Å². The van der Waals surface area contributed by atoms with Crippen molar-refractivity contribution in [2.24, 2.45) is 5.92 Å². The number of amides is 1. The van der Waals surface area contributed by atoms with Gasteiger partial charge >= 0.3 is 0 Å². The summed E-state index contributed by atoms with van der Waals surface area (Å²) in [6.07, 6.45) is 3.27. The normalized spacial score (nSPS) is 18.7. The zero-order chi connectivity index (χ0) is 25.3. The second-order valence-electron chi connectivity index (χ2n) is 10.3. The first kappa shape index (κ1) is 25.6. The van der Waals surface area contributed by atoms with E-state index in [1.54, 1.807) is 0 Å². The molecule has 1 unspecified atom stereocenters. The molecule has 35 heavy (non-hydrogen) atoms. The molecule has 1 aliphatic carbocycles. The quantitative estimate of drug-likeness (QED) is 0.627. The Bertz CT molecular complexity index is 1170. The van der Waals surface area contributed by atoms with Gasteiger partial charge in [-0.1, -0.05) is 19.9 Å². The molecule has 2 aromatic rings. The molecule has 1 fully saturated rings. The average Bonchev–Trinajstić information content (AvgIpc) is 3.18. The van der Waals surface area contributed by atoms with E-state index in [0.717, 1.165) is 67.2 Å². The van der Waals surface area contributed by atoms with Gasteiger partial charge < -0.3 is 9.80 Å². The highest BCUT2D eigenvalue weighted by molar-refractivity contribution is 7.89. The summed E-state index contributed by atoms with van der Waals surface area (Å²) in [5, 5.41) is 0. The summed E-state index contributed by atoms with van der Waals surface area (Å²) in [6, 6.07) is 7.65. The smallest absolute Gasteiger partial charge is 0.253 e. The van der Waals surface area contributed by atoms with Crippen LogP contribution in [0.2, 0.25) is 0 Å². The number of benzene rings is 1. The van der Waals surface area contributed by atoms with Gasteiger partial charge in [-0.05, 0) is 68.7 Å². The SMILES string of the molecule is Cc1cc(N2CCC(N(C)C(=O)c3ccc4c(c3)C(NS(=O)(=O)CC(C)C)CC4)CC2)nc(C)n1. The third kappa shape index (κ3) is 6.01. The topological polar surface area (TPSA) is 95.5 Å². The van der Waals surface area contributed by atoms with Crippen LogP contribution in [-0.4, -0.2) is 61.1 Å². The molecule has 0 spiro atoms. The molecule has 1 aromatic heterocycles. The van der Waals surface area contributed by atoms with Crippen LogP contribution in [0.25, 0.3) is 0 Å². The Labute approximate surface area is 209 Å². The minimum Gasteiger partial charge on any atom is -0.356 e. The Balaban J connectivity index is 1.42. The summed E-state index contributed by atoms with van der Waals surface area (Å²) in [6.45, 7) is 9.35. The molecule has 190 valence electrons. The van der Waals surface area contributed by atoms with Crippen molar-refractivity contribution in [2.75, 3.05) is 30.8 Å². The molecular weight excluding hydrogens is 462 g/mol. The van der Waals surface area contributed by atoms with Crippen LogP contribution in [0.5, 0.6) is 0 Å². The van der Waals surface area contributed by atoms with Crippen LogP contribution < -0.4 is 9.62 Å². The van der Waals surface area contributed by atoms with E-state index in [1.807, 2.05) is 63.9 Å². The number of hydrogen-bond donors (Lipinski definition) is 1. The highest BCUT2D eigenvalue weighted by Gasteiger charge is 2.30. The van der Waals surface area contributed by atoms with Gasteiger partial charge in [0.2, 0.25) is 10.0 Å². The molecule has 1 saturated heterocycles. The predicted molar refractivity (Wildman–Crippen MR) is 138 cm³/mol. The summed E-state index contributed by atoms with van der Waals surface area (Å²) in [5.41, 5.74) is 3.63. The van der Waals surface area contributed by atoms with Gasteiger partial charge in [-0.3, -0.25) is 4.79 Å². The fraction of sp³-hybridized carbons (Fsp3) is 0.577. The molecule has 2 heterocycles. The van der Waals surface area contributed by atoms with Crippen LogP contribution in [0.1, 0.15) is 72.2 Å². The highest BCUT2D eigenvalue weighted by Crippen LogP contribution is 2.33. The van der Waals surface area contributed by atoms with E-state index < -0.39 is 10.0 Å². The molecule has 1 aliphatic heterocycles. The van der Waals surface area contributed by atoms with E-state index in [4.69, 9.17) is 0 Å². The molecule has 1 amide bonds. The van der Waals surface area contributed by atoms with Gasteiger partial charge in [-0.2, -0.15) is 0 Å². The maximum absolute atomic E-state index is 13.4. The number of rotatable bonds is 7. The van der Waals surface area contributed by atoms with Crippen molar-refractivity contribution in [1.29, 1.82) is 0 Å². The van der Waals surface area contributed by atoms with E-state index in [1.165, 1.54) is 0 Å². The molecular formula is C26H37N5O3S. The second kappa shape index (κ2) is 10.2. The number of nitrogens with zero attached hydrogens (tertiary/aromatic N) is 4. The molecule has 0 radical (unpaired) electrons. The van der Waals surface area contributed by atoms with Gasteiger partial charge in [0.25, 0.3) is 5.91 Å². The van der Waals surface area contributed by atoms with Crippen molar-refractivity contribution in [3.8, 4) is 0 Å². The molecule has 9 heteroatoms. The lowest BCUT2D eigenvalue weighted by molar-refractivity contribution is 0.0709. The van der Waals surface area contributed by atoms with Crippen molar-refractivity contribution in [3.05, 3.63) is 52.5 Å². The lowest BCUT2D eigenvalue weighted by Gasteiger charge is -2.37. The van der Waals surface area contributed by atoms with Crippen LogP contribution in [0.4, 0.5) is 5.82 Å². The van der Waals surface area contributed by atoms with Gasteiger partial charge in [0, 0.05) is 49.5 Å². The number of nitrogens with one attached hydrogen (secondary N) is 1. The second-order valence-corrected chi connectivity index (χ2v) is 12.1. The summed E-state index contributed by atoms with van der Waals surface area (Å²) in [7, 11) is -1.49. The van der Waals surface area contributed by atoms with Gasteiger partial charge in [0.1, 0.15) is 11.6 Å². The third-order valence-corrected chi connectivity index (χ3v) is 8.70. The monoisotopic (exact) mass is 499 g/mol. The summed E-state index contributed by atoms with van der Waals surface area (Å²) < 4.78 is 27.9. The Morgan fingerprint density at radius 1 is 1.14 bits per heavy atom. The number of anilines is 1. The Kier molecular flexibility index (Phi) is 7.47. The first-order valence-electron chi connectivity index (χ1n) is 12.5. The van der Waals surface area contributed by atoms with Gasteiger partial charge in [0.15, 0.2) is 0 Å². The summed E-state index contributed by atoms with van der Waals surface area (Å²) >= 11 is 0. The minimum atomic E-state index is -3.37. The fourth-order valence-corrected chi connectivity index (χ4v) is 6.92. The zero-order valence-electron chi connectivity index (χ0n) is 21.4. The largest absolute Gasteiger partial charge is 0.356 e. The molecule has 0 saturated carbocycles. The molecule has 4 rings (SSSR count). The predicted octanol–water partition coefficient (Wildman–Crippen LogP) is 3.40. The summed E-state index contributed by atoms with van der Waals surface area (Å²) in [5.74, 6) is 1.87. The Morgan fingerprint density at radius 2 is 1.86 bits per heavy atom. The number of fused-ring (bicyclic) bond motifs is 1. The van der Waals surface area contributed by atoms with E-state index in [9.17, 15) is 13.2 Å². The average molecular weight is 500 g/mol. The van der Waals surface area contributed by atoms with E-state index in [0.29, 0.717) is 5.56 Å². The maximum atomic E-state index is 13.4. The van der Waals surface area contributed by atoms with Crippen molar-refractivity contribution < 1.29 is 13.2 Å². The molecule has 1 N–H and O–H groups in total. The van der Waals surface area contributed by atoms with E-state index >= 15 is 0 Å². The number of aryl methyl sites for hydroxylation is 3. The van der Waals surface area contributed by atoms with Crippen LogP contribution >= 0.6 is 0 Å². The molecule has 0 bridgehead atoms. The Hall–Kier alpha value is -2.52. The van der Waals surface area contributed by atoms with Crippen molar-refractivity contribution in [1.82, 2.24) is 19.6 Å². The first-order chi connectivity index (χ1) is 16.5. The van der Waals surface area contributed by atoms with Crippen molar-refractivity contribution in [2.45, 2.75) is 65.5 Å². The number of sulfonamides is 1. The standard InChI is InChI=1S/C26H37N5O3S/c1-17(2)16-35(33,34)29-24-9-8-20-6-7-21(15-23(20)24)26(32)30(5)22-10-12-31(13-11-22)25-14-18(3)27-19(4)28-25/h6-7,14-15,17,22,24,29H,8-13,16H2,1-5H3. The molecule has 2 aliphatic rings. The van der Waals surface area contributed by atoms with E-state index in [-0.39, 0.29) is 29.7 Å². The van der Waals surface area contributed by atoms with Crippen molar-refractivity contribution in [3.63, 3.8) is 0 Å². The summed E-state index contributed by atoms with van der Waals surface area (Å²) in [4.78, 5) is 26.4. The van der Waals surface area contributed by atoms with Crippen LogP contribution in [0, 0.1) is 19.8 Å². The first-order valence-corrected chi connectivity index (χ1v) is 14.1.